The molecule has 5 heteroatoms. The third-order valence-corrected chi connectivity index (χ3v) is 2.93. The molecule has 0 N–H and O–H groups in total. The van der Waals surface area contributed by atoms with Gasteiger partial charge in [0.2, 0.25) is 6.10 Å². The quantitative estimate of drug-likeness (QED) is 0.767. The maximum absolute atomic E-state index is 12.2. The van der Waals surface area contributed by atoms with E-state index in [0.717, 1.165) is 5.56 Å². The van der Waals surface area contributed by atoms with E-state index in [0.29, 0.717) is 5.69 Å². The van der Waals surface area contributed by atoms with Gasteiger partial charge in [0.05, 0.1) is 5.69 Å². The van der Waals surface area contributed by atoms with E-state index in [1.165, 1.54) is 6.20 Å². The summed E-state index contributed by atoms with van der Waals surface area (Å²) in [5, 5.41) is 0. The van der Waals surface area contributed by atoms with Crippen LogP contribution in [-0.4, -0.2) is 16.9 Å². The summed E-state index contributed by atoms with van der Waals surface area (Å²) in [4.78, 5) is 27.8. The van der Waals surface area contributed by atoms with Crippen molar-refractivity contribution in [1.29, 1.82) is 0 Å². The van der Waals surface area contributed by atoms with Crippen LogP contribution in [0.1, 0.15) is 30.7 Å². The lowest BCUT2D eigenvalue weighted by Gasteiger charge is -2.16. The SMILES string of the molecule is CCC(=O)OC(C(=O)OCc1ccccc1)c1ccccn1. The van der Waals surface area contributed by atoms with Crippen molar-refractivity contribution < 1.29 is 19.1 Å². The van der Waals surface area contributed by atoms with E-state index in [4.69, 9.17) is 9.47 Å². The predicted octanol–water partition coefficient (Wildman–Crippen LogP) is 2.82. The zero-order valence-corrected chi connectivity index (χ0v) is 12.3. The molecule has 1 atom stereocenters. The molecule has 1 aromatic heterocycles. The van der Waals surface area contributed by atoms with Gasteiger partial charge in [-0.05, 0) is 17.7 Å². The van der Waals surface area contributed by atoms with Gasteiger partial charge in [-0.25, -0.2) is 4.79 Å². The van der Waals surface area contributed by atoms with Crippen LogP contribution in [-0.2, 0) is 25.7 Å². The van der Waals surface area contributed by atoms with E-state index < -0.39 is 18.0 Å². The summed E-state index contributed by atoms with van der Waals surface area (Å²) in [7, 11) is 0. The Morgan fingerprint density at radius 1 is 1.09 bits per heavy atom. The van der Waals surface area contributed by atoms with Gasteiger partial charge in [-0.1, -0.05) is 43.3 Å². The summed E-state index contributed by atoms with van der Waals surface area (Å²) in [5.74, 6) is -1.11. The summed E-state index contributed by atoms with van der Waals surface area (Å²) in [5.41, 5.74) is 1.21. The van der Waals surface area contributed by atoms with Crippen LogP contribution >= 0.6 is 0 Å². The van der Waals surface area contributed by atoms with Crippen molar-refractivity contribution in [3.8, 4) is 0 Å². The van der Waals surface area contributed by atoms with Crippen LogP contribution in [0.5, 0.6) is 0 Å². The van der Waals surface area contributed by atoms with E-state index >= 15 is 0 Å². The topological polar surface area (TPSA) is 65.5 Å². The molecule has 0 aliphatic rings. The fourth-order valence-corrected chi connectivity index (χ4v) is 1.78. The summed E-state index contributed by atoms with van der Waals surface area (Å²) in [6.07, 6.45) is 0.569. The highest BCUT2D eigenvalue weighted by Crippen LogP contribution is 2.18. The molecule has 114 valence electrons. The monoisotopic (exact) mass is 299 g/mol. The van der Waals surface area contributed by atoms with Crippen molar-refractivity contribution in [2.75, 3.05) is 0 Å². The second-order valence-electron chi connectivity index (χ2n) is 4.57. The molecule has 1 unspecified atom stereocenters. The standard InChI is InChI=1S/C17H17NO4/c1-2-15(19)22-16(14-10-6-7-11-18-14)17(20)21-12-13-8-4-3-5-9-13/h3-11,16H,2,12H2,1H3. The van der Waals surface area contributed by atoms with Crippen LogP contribution < -0.4 is 0 Å². The molecule has 2 aromatic rings. The summed E-state index contributed by atoms with van der Waals surface area (Å²) in [6.45, 7) is 1.78. The van der Waals surface area contributed by atoms with Gasteiger partial charge in [-0.2, -0.15) is 0 Å². The van der Waals surface area contributed by atoms with E-state index in [9.17, 15) is 9.59 Å². The smallest absolute Gasteiger partial charge is 0.354 e. The number of hydrogen-bond acceptors (Lipinski definition) is 5. The molecule has 0 saturated carbocycles. The molecule has 22 heavy (non-hydrogen) atoms. The summed E-state index contributed by atoms with van der Waals surface area (Å²) in [6, 6.07) is 14.4. The fraction of sp³-hybridized carbons (Fsp3) is 0.235. The average molecular weight is 299 g/mol. The first-order chi connectivity index (χ1) is 10.7. The van der Waals surface area contributed by atoms with Crippen molar-refractivity contribution >= 4 is 11.9 Å². The third kappa shape index (κ3) is 4.41. The highest BCUT2D eigenvalue weighted by molar-refractivity contribution is 5.80. The molecule has 1 aromatic carbocycles. The Balaban J connectivity index is 2.07. The fourth-order valence-electron chi connectivity index (χ4n) is 1.78. The third-order valence-electron chi connectivity index (χ3n) is 2.93. The highest BCUT2D eigenvalue weighted by Gasteiger charge is 2.27. The molecule has 0 aliphatic carbocycles. The Bertz CT molecular complexity index is 613. The first-order valence-electron chi connectivity index (χ1n) is 7.01. The van der Waals surface area contributed by atoms with Crippen molar-refractivity contribution in [1.82, 2.24) is 4.98 Å². The molecule has 5 nitrogen and oxygen atoms in total. The summed E-state index contributed by atoms with van der Waals surface area (Å²) < 4.78 is 10.4. The molecule has 0 radical (unpaired) electrons. The van der Waals surface area contributed by atoms with Crippen molar-refractivity contribution in [3.63, 3.8) is 0 Å². The molecule has 0 fully saturated rings. The van der Waals surface area contributed by atoms with Crippen molar-refractivity contribution in [2.45, 2.75) is 26.1 Å². The Morgan fingerprint density at radius 3 is 2.45 bits per heavy atom. The van der Waals surface area contributed by atoms with Gasteiger partial charge in [0.25, 0.3) is 0 Å². The molecular formula is C17H17NO4. The van der Waals surface area contributed by atoms with Gasteiger partial charge in [0.15, 0.2) is 0 Å². The minimum absolute atomic E-state index is 0.118. The number of carbonyl (C=O) groups is 2. The number of esters is 2. The second kappa shape index (κ2) is 7.93. The van der Waals surface area contributed by atoms with Gasteiger partial charge < -0.3 is 9.47 Å². The van der Waals surface area contributed by atoms with Crippen LogP contribution in [0, 0.1) is 0 Å². The molecule has 0 aliphatic heterocycles. The van der Waals surface area contributed by atoms with Crippen molar-refractivity contribution in [2.24, 2.45) is 0 Å². The van der Waals surface area contributed by atoms with Gasteiger partial charge >= 0.3 is 11.9 Å². The zero-order valence-electron chi connectivity index (χ0n) is 12.3. The average Bonchev–Trinajstić information content (AvgIpc) is 2.59. The lowest BCUT2D eigenvalue weighted by Crippen LogP contribution is -2.22. The van der Waals surface area contributed by atoms with E-state index in [-0.39, 0.29) is 13.0 Å². The number of rotatable bonds is 6. The first-order valence-corrected chi connectivity index (χ1v) is 7.01. The number of hydrogen-bond donors (Lipinski definition) is 0. The van der Waals surface area contributed by atoms with Crippen LogP contribution in [0.3, 0.4) is 0 Å². The van der Waals surface area contributed by atoms with Crippen LogP contribution in [0.4, 0.5) is 0 Å². The van der Waals surface area contributed by atoms with E-state index in [2.05, 4.69) is 4.98 Å². The number of aromatic nitrogens is 1. The number of ether oxygens (including phenoxy) is 2. The van der Waals surface area contributed by atoms with Gasteiger partial charge in [0, 0.05) is 12.6 Å². The number of nitrogens with zero attached hydrogens (tertiary/aromatic N) is 1. The van der Waals surface area contributed by atoms with E-state index in [1.54, 1.807) is 25.1 Å². The Labute approximate surface area is 128 Å². The minimum Gasteiger partial charge on any atom is -0.458 e. The predicted molar refractivity (Wildman–Crippen MR) is 79.6 cm³/mol. The minimum atomic E-state index is -1.14. The number of benzene rings is 1. The summed E-state index contributed by atoms with van der Waals surface area (Å²) >= 11 is 0. The second-order valence-corrected chi connectivity index (χ2v) is 4.57. The molecule has 2 rings (SSSR count). The normalized spacial score (nSPS) is 11.5. The number of pyridine rings is 1. The van der Waals surface area contributed by atoms with Gasteiger partial charge in [-0.3, -0.25) is 9.78 Å². The lowest BCUT2D eigenvalue weighted by atomic mass is 10.2. The van der Waals surface area contributed by atoms with Gasteiger partial charge in [-0.15, -0.1) is 0 Å². The lowest BCUT2D eigenvalue weighted by molar-refractivity contribution is -0.169. The molecule has 0 saturated heterocycles. The Morgan fingerprint density at radius 2 is 1.82 bits per heavy atom. The maximum atomic E-state index is 12.2. The zero-order chi connectivity index (χ0) is 15.8. The molecule has 0 bridgehead atoms. The highest BCUT2D eigenvalue weighted by atomic mass is 16.6. The molecular weight excluding hydrogens is 282 g/mol. The Hall–Kier alpha value is -2.69. The number of carbonyl (C=O) groups excluding carboxylic acids is 2. The maximum Gasteiger partial charge on any atom is 0.354 e. The molecule has 0 amide bonds. The van der Waals surface area contributed by atoms with Crippen LogP contribution in [0.2, 0.25) is 0 Å². The van der Waals surface area contributed by atoms with Crippen LogP contribution in [0.25, 0.3) is 0 Å². The van der Waals surface area contributed by atoms with Crippen LogP contribution in [0.15, 0.2) is 54.7 Å². The van der Waals surface area contributed by atoms with Crippen molar-refractivity contribution in [3.05, 3.63) is 66.0 Å². The molecule has 1 heterocycles. The van der Waals surface area contributed by atoms with Gasteiger partial charge in [0.1, 0.15) is 6.61 Å². The van der Waals surface area contributed by atoms with E-state index in [1.807, 2.05) is 30.3 Å². The Kier molecular flexibility index (Phi) is 5.65. The first kappa shape index (κ1) is 15.7. The molecule has 0 spiro atoms. The largest absolute Gasteiger partial charge is 0.458 e.